The molecule has 1 aliphatic carbocycles. The summed E-state index contributed by atoms with van der Waals surface area (Å²) in [7, 11) is 0. The van der Waals surface area contributed by atoms with Crippen LogP contribution in [0.3, 0.4) is 0 Å². The number of carbonyl (C=O) groups excluding carboxylic acids is 2. The fraction of sp³-hybridized carbons (Fsp3) is 0.409. The number of primary amides is 1. The Morgan fingerprint density at radius 3 is 2.83 bits per heavy atom. The molecule has 3 aromatic rings. The molecule has 4 rings (SSSR count). The van der Waals surface area contributed by atoms with Crippen molar-refractivity contribution in [3.63, 3.8) is 0 Å². The van der Waals surface area contributed by atoms with Gasteiger partial charge in [-0.3, -0.25) is 9.59 Å². The number of anilines is 1. The minimum atomic E-state index is -0.472. The van der Waals surface area contributed by atoms with Crippen LogP contribution in [0, 0.1) is 11.3 Å². The van der Waals surface area contributed by atoms with Crippen LogP contribution in [0.25, 0.3) is 5.65 Å². The second-order valence-electron chi connectivity index (χ2n) is 8.80. The van der Waals surface area contributed by atoms with E-state index in [4.69, 9.17) is 5.73 Å². The molecule has 0 spiro atoms. The summed E-state index contributed by atoms with van der Waals surface area (Å²) in [4.78, 5) is 30.5. The van der Waals surface area contributed by atoms with Gasteiger partial charge < -0.3 is 15.5 Å². The van der Waals surface area contributed by atoms with Crippen LogP contribution in [0.4, 0.5) is 5.00 Å². The normalized spacial score (nSPS) is 16.6. The molecule has 0 radical (unpaired) electrons. The number of carbonyl (C=O) groups is 2. The van der Waals surface area contributed by atoms with Crippen molar-refractivity contribution in [1.29, 1.82) is 0 Å². The summed E-state index contributed by atoms with van der Waals surface area (Å²) in [5.74, 6) is -0.113. The fourth-order valence-corrected chi connectivity index (χ4v) is 5.43. The van der Waals surface area contributed by atoms with Crippen LogP contribution in [0.15, 0.2) is 30.6 Å². The smallest absolute Gasteiger partial charge is 0.251 e. The molecule has 0 saturated carbocycles. The van der Waals surface area contributed by atoms with Crippen LogP contribution >= 0.6 is 11.3 Å². The third kappa shape index (κ3) is 3.92. The molecule has 29 heavy (non-hydrogen) atoms. The van der Waals surface area contributed by atoms with Gasteiger partial charge in [0.15, 0.2) is 0 Å². The lowest BCUT2D eigenvalue weighted by Crippen LogP contribution is -2.27. The molecule has 0 saturated heterocycles. The number of nitrogens with two attached hydrogens (primary N) is 1. The number of hydrogen-bond acceptors (Lipinski definition) is 4. The van der Waals surface area contributed by atoms with Crippen molar-refractivity contribution in [3.8, 4) is 0 Å². The molecule has 2 amide bonds. The van der Waals surface area contributed by atoms with Gasteiger partial charge in [-0.2, -0.15) is 0 Å². The van der Waals surface area contributed by atoms with Gasteiger partial charge in [0, 0.05) is 17.3 Å². The average Bonchev–Trinajstić information content (AvgIpc) is 3.19. The van der Waals surface area contributed by atoms with Crippen molar-refractivity contribution in [3.05, 3.63) is 52.3 Å². The van der Waals surface area contributed by atoms with Crippen molar-refractivity contribution in [1.82, 2.24) is 9.38 Å². The highest BCUT2D eigenvalue weighted by Crippen LogP contribution is 2.44. The zero-order chi connectivity index (χ0) is 20.8. The lowest BCUT2D eigenvalue weighted by molar-refractivity contribution is -0.115. The molecule has 152 valence electrons. The van der Waals surface area contributed by atoms with Gasteiger partial charge in [0.2, 0.25) is 5.91 Å². The lowest BCUT2D eigenvalue weighted by atomic mass is 9.72. The first-order valence-corrected chi connectivity index (χ1v) is 10.7. The predicted molar refractivity (Wildman–Crippen MR) is 115 cm³/mol. The summed E-state index contributed by atoms with van der Waals surface area (Å²) < 4.78 is 1.88. The standard InChI is InChI=1S/C22H26N4O2S/c1-22(2,3)13-7-8-15-16(10-13)29-21(19(15)20(23)28)25-18(27)11-14-12-26-9-5-4-6-17(26)24-14/h4-6,9,12-13H,7-8,10-11H2,1-3H3,(H2,23,28)(H,25,27). The van der Waals surface area contributed by atoms with Gasteiger partial charge >= 0.3 is 0 Å². The van der Waals surface area contributed by atoms with Gasteiger partial charge in [-0.1, -0.05) is 26.8 Å². The largest absolute Gasteiger partial charge is 0.365 e. The van der Waals surface area contributed by atoms with Crippen molar-refractivity contribution in [2.75, 3.05) is 5.32 Å². The molecule has 3 N–H and O–H groups in total. The van der Waals surface area contributed by atoms with Gasteiger partial charge in [0.1, 0.15) is 10.6 Å². The summed E-state index contributed by atoms with van der Waals surface area (Å²) in [6, 6.07) is 5.72. The van der Waals surface area contributed by atoms with E-state index in [0.717, 1.165) is 30.5 Å². The number of fused-ring (bicyclic) bond motifs is 2. The Morgan fingerprint density at radius 2 is 2.14 bits per heavy atom. The predicted octanol–water partition coefficient (Wildman–Crippen LogP) is 3.83. The van der Waals surface area contributed by atoms with Crippen molar-refractivity contribution >= 4 is 33.8 Å². The maximum atomic E-state index is 12.7. The number of aromatic nitrogens is 2. The van der Waals surface area contributed by atoms with E-state index in [2.05, 4.69) is 31.1 Å². The van der Waals surface area contributed by atoms with Gasteiger partial charge in [0.25, 0.3) is 5.91 Å². The van der Waals surface area contributed by atoms with Crippen LogP contribution in [0.2, 0.25) is 0 Å². The molecule has 3 heterocycles. The molecule has 0 aromatic carbocycles. The molecular formula is C22H26N4O2S. The fourth-order valence-electron chi connectivity index (χ4n) is 4.08. The van der Waals surface area contributed by atoms with Gasteiger partial charge in [-0.25, -0.2) is 4.98 Å². The first kappa shape index (κ1) is 19.6. The minimum absolute atomic E-state index is 0.146. The molecule has 1 atom stereocenters. The SMILES string of the molecule is CC(C)(C)C1CCc2c(sc(NC(=O)Cc3cn4ccccc4n3)c2C(N)=O)C1. The first-order chi connectivity index (χ1) is 13.7. The maximum absolute atomic E-state index is 12.7. The Kier molecular flexibility index (Phi) is 4.94. The molecule has 1 aliphatic rings. The zero-order valence-electron chi connectivity index (χ0n) is 17.0. The number of imidazole rings is 1. The molecular weight excluding hydrogens is 384 g/mol. The Bertz CT molecular complexity index is 1060. The Balaban J connectivity index is 1.56. The summed E-state index contributed by atoms with van der Waals surface area (Å²) in [6.07, 6.45) is 6.67. The molecule has 0 aliphatic heterocycles. The van der Waals surface area contributed by atoms with Crippen LogP contribution in [-0.4, -0.2) is 21.2 Å². The monoisotopic (exact) mass is 410 g/mol. The number of nitrogens with one attached hydrogen (secondary N) is 1. The molecule has 3 aromatic heterocycles. The second kappa shape index (κ2) is 7.30. The Hall–Kier alpha value is -2.67. The van der Waals surface area contributed by atoms with Crippen molar-refractivity contribution in [2.45, 2.75) is 46.5 Å². The summed E-state index contributed by atoms with van der Waals surface area (Å²) in [5, 5.41) is 3.50. The highest BCUT2D eigenvalue weighted by molar-refractivity contribution is 7.17. The molecule has 1 unspecified atom stereocenters. The summed E-state index contributed by atoms with van der Waals surface area (Å²) in [5.41, 5.74) is 8.88. The van der Waals surface area contributed by atoms with Crippen molar-refractivity contribution in [2.24, 2.45) is 17.1 Å². The van der Waals surface area contributed by atoms with Crippen LogP contribution in [-0.2, 0) is 24.1 Å². The van der Waals surface area contributed by atoms with E-state index in [1.807, 2.05) is 35.0 Å². The minimum Gasteiger partial charge on any atom is -0.365 e. The van der Waals surface area contributed by atoms with Crippen LogP contribution < -0.4 is 11.1 Å². The number of rotatable bonds is 4. The molecule has 0 fully saturated rings. The van der Waals surface area contributed by atoms with Gasteiger partial charge in [-0.05, 0) is 48.3 Å². The zero-order valence-corrected chi connectivity index (χ0v) is 17.8. The number of hydrogen-bond donors (Lipinski definition) is 2. The Morgan fingerprint density at radius 1 is 1.34 bits per heavy atom. The molecule has 0 bridgehead atoms. The van der Waals surface area contributed by atoms with E-state index >= 15 is 0 Å². The van der Waals surface area contributed by atoms with Gasteiger partial charge in [0.05, 0.1) is 17.7 Å². The third-order valence-corrected chi connectivity index (χ3v) is 6.91. The van der Waals surface area contributed by atoms with E-state index in [0.29, 0.717) is 22.2 Å². The van der Waals surface area contributed by atoms with E-state index in [1.165, 1.54) is 16.2 Å². The third-order valence-electron chi connectivity index (χ3n) is 5.74. The van der Waals surface area contributed by atoms with Crippen molar-refractivity contribution < 1.29 is 9.59 Å². The maximum Gasteiger partial charge on any atom is 0.251 e. The highest BCUT2D eigenvalue weighted by atomic mass is 32.1. The molecule has 7 heteroatoms. The first-order valence-electron chi connectivity index (χ1n) is 9.89. The average molecular weight is 411 g/mol. The Labute approximate surface area is 174 Å². The lowest BCUT2D eigenvalue weighted by Gasteiger charge is -2.33. The summed E-state index contributed by atoms with van der Waals surface area (Å²) >= 11 is 1.50. The topological polar surface area (TPSA) is 89.5 Å². The molecule has 6 nitrogen and oxygen atoms in total. The second-order valence-corrected chi connectivity index (χ2v) is 9.91. The van der Waals surface area contributed by atoms with E-state index < -0.39 is 5.91 Å². The van der Waals surface area contributed by atoms with E-state index in [1.54, 1.807) is 0 Å². The number of thiophene rings is 1. The van der Waals surface area contributed by atoms with Crippen LogP contribution in [0.5, 0.6) is 0 Å². The number of pyridine rings is 1. The summed E-state index contributed by atoms with van der Waals surface area (Å²) in [6.45, 7) is 6.76. The van der Waals surface area contributed by atoms with E-state index in [9.17, 15) is 9.59 Å². The number of amides is 2. The highest BCUT2D eigenvalue weighted by Gasteiger charge is 2.33. The quantitative estimate of drug-likeness (QED) is 0.685. The number of nitrogens with zero attached hydrogens (tertiary/aromatic N) is 2. The van der Waals surface area contributed by atoms with E-state index in [-0.39, 0.29) is 17.7 Å². The van der Waals surface area contributed by atoms with Gasteiger partial charge in [-0.15, -0.1) is 11.3 Å². The van der Waals surface area contributed by atoms with Crippen LogP contribution in [0.1, 0.15) is 53.7 Å².